The molecule has 1 fully saturated rings. The molecule has 3 heterocycles. The molecule has 0 amide bonds. The van der Waals surface area contributed by atoms with Crippen LogP contribution in [0.5, 0.6) is 0 Å². The number of alkyl halides is 3. The molecular weight excluding hydrogens is 467 g/mol. The van der Waals surface area contributed by atoms with Crippen molar-refractivity contribution in [1.29, 1.82) is 0 Å². The average Bonchev–Trinajstić information content (AvgIpc) is 2.77. The summed E-state index contributed by atoms with van der Waals surface area (Å²) in [5.41, 5.74) is 5.91. The minimum atomic E-state index is -4.49. The smallest absolute Gasteiger partial charge is 0.399 e. The van der Waals surface area contributed by atoms with Crippen LogP contribution in [0.25, 0.3) is 10.9 Å². The number of rotatable bonds is 5. The molecule has 1 aromatic carbocycles. The number of benzene rings is 1. The third kappa shape index (κ3) is 5.28. The summed E-state index contributed by atoms with van der Waals surface area (Å²) < 4.78 is 39.8. The fourth-order valence-corrected chi connectivity index (χ4v) is 4.30. The van der Waals surface area contributed by atoms with Gasteiger partial charge in [-0.25, -0.2) is 15.0 Å². The number of nitrogens with zero attached hydrogens (tertiary/aromatic N) is 5. The van der Waals surface area contributed by atoms with E-state index in [1.54, 1.807) is 13.1 Å². The maximum atomic E-state index is 13.3. The molecule has 2 aromatic heterocycles. The van der Waals surface area contributed by atoms with E-state index in [1.165, 1.54) is 6.07 Å². The van der Waals surface area contributed by atoms with Crippen LogP contribution in [0.15, 0.2) is 30.5 Å². The number of hydrogen-bond acceptors (Lipinski definition) is 7. The third-order valence-corrected chi connectivity index (χ3v) is 6.24. The molecular formula is C23H27ClF3N7. The number of piperazine rings is 1. The summed E-state index contributed by atoms with van der Waals surface area (Å²) in [5, 5.41) is 3.89. The van der Waals surface area contributed by atoms with Crippen molar-refractivity contribution in [3.05, 3.63) is 46.9 Å². The van der Waals surface area contributed by atoms with Crippen molar-refractivity contribution in [2.24, 2.45) is 0 Å². The molecule has 3 aromatic rings. The monoisotopic (exact) mass is 493 g/mol. The summed E-state index contributed by atoms with van der Waals surface area (Å²) >= 11 is 6.12. The summed E-state index contributed by atoms with van der Waals surface area (Å²) in [4.78, 5) is 17.7. The van der Waals surface area contributed by atoms with Gasteiger partial charge in [0.05, 0.1) is 23.3 Å². The molecule has 0 aliphatic carbocycles. The summed E-state index contributed by atoms with van der Waals surface area (Å²) in [5.74, 6) is 1.21. The van der Waals surface area contributed by atoms with Crippen molar-refractivity contribution in [2.45, 2.75) is 39.0 Å². The van der Waals surface area contributed by atoms with Gasteiger partial charge in [0.2, 0.25) is 5.28 Å². The number of fused-ring (bicyclic) bond motifs is 1. The van der Waals surface area contributed by atoms with Gasteiger partial charge in [0.1, 0.15) is 11.6 Å². The number of nitrogen functional groups attached to an aromatic ring is 1. The van der Waals surface area contributed by atoms with Crippen molar-refractivity contribution >= 4 is 39.8 Å². The van der Waals surface area contributed by atoms with Crippen LogP contribution >= 0.6 is 11.6 Å². The first-order chi connectivity index (χ1) is 16.0. The Morgan fingerprint density at radius 2 is 1.74 bits per heavy atom. The minimum Gasteiger partial charge on any atom is -0.399 e. The molecule has 7 nitrogen and oxygen atoms in total. The Labute approximate surface area is 201 Å². The second-order valence-corrected chi connectivity index (χ2v) is 9.11. The molecule has 34 heavy (non-hydrogen) atoms. The van der Waals surface area contributed by atoms with Crippen LogP contribution in [0.1, 0.15) is 37.9 Å². The quantitative estimate of drug-likeness (QED) is 0.383. The Morgan fingerprint density at radius 1 is 1.03 bits per heavy atom. The van der Waals surface area contributed by atoms with E-state index in [2.05, 4.69) is 43.9 Å². The first-order valence-electron chi connectivity index (χ1n) is 11.1. The topological polar surface area (TPSA) is 83.2 Å². The molecule has 1 unspecified atom stereocenters. The van der Waals surface area contributed by atoms with Crippen molar-refractivity contribution in [2.75, 3.05) is 42.1 Å². The molecule has 0 bridgehead atoms. The number of anilines is 3. The molecule has 1 aliphatic heterocycles. The van der Waals surface area contributed by atoms with Gasteiger partial charge in [-0.2, -0.15) is 13.2 Å². The molecule has 1 atom stereocenters. The van der Waals surface area contributed by atoms with Crippen LogP contribution in [-0.4, -0.2) is 52.1 Å². The van der Waals surface area contributed by atoms with Gasteiger partial charge in [0.25, 0.3) is 0 Å². The lowest BCUT2D eigenvalue weighted by molar-refractivity contribution is -0.137. The predicted octanol–water partition coefficient (Wildman–Crippen LogP) is 4.98. The van der Waals surface area contributed by atoms with E-state index in [9.17, 15) is 13.2 Å². The molecule has 0 saturated carbocycles. The molecule has 11 heteroatoms. The van der Waals surface area contributed by atoms with E-state index < -0.39 is 17.8 Å². The number of nitrogens with one attached hydrogen (secondary N) is 1. The fraction of sp³-hybridized carbons (Fsp3) is 0.435. The first kappa shape index (κ1) is 24.3. The zero-order valence-electron chi connectivity index (χ0n) is 19.2. The van der Waals surface area contributed by atoms with Gasteiger partial charge < -0.3 is 16.0 Å². The molecule has 1 aliphatic rings. The Morgan fingerprint density at radius 3 is 2.38 bits per heavy atom. The van der Waals surface area contributed by atoms with Crippen LogP contribution in [0.4, 0.5) is 30.5 Å². The van der Waals surface area contributed by atoms with E-state index in [0.29, 0.717) is 28.3 Å². The van der Waals surface area contributed by atoms with Crippen molar-refractivity contribution in [3.8, 4) is 0 Å². The standard InChI is InChI=1S/C23H27ClF3N7/c1-13(2)33-4-6-34(7-5-33)20-11-18-19(12-29-20)31-22(24)32-21(18)30-14(3)15-8-16(23(25,26)27)10-17(28)9-15/h8-14H,4-7,28H2,1-3H3,(H,30,31,32). The van der Waals surface area contributed by atoms with Gasteiger partial charge in [-0.15, -0.1) is 0 Å². The van der Waals surface area contributed by atoms with Crippen LogP contribution in [0.2, 0.25) is 5.28 Å². The highest BCUT2D eigenvalue weighted by Crippen LogP contribution is 2.34. The second-order valence-electron chi connectivity index (χ2n) is 8.77. The minimum absolute atomic E-state index is 0.0193. The highest BCUT2D eigenvalue weighted by molar-refractivity contribution is 6.28. The molecule has 0 radical (unpaired) electrons. The maximum absolute atomic E-state index is 13.3. The van der Waals surface area contributed by atoms with E-state index in [0.717, 1.165) is 44.1 Å². The van der Waals surface area contributed by atoms with Gasteiger partial charge in [-0.3, -0.25) is 4.90 Å². The maximum Gasteiger partial charge on any atom is 0.416 e. The summed E-state index contributed by atoms with van der Waals surface area (Å²) in [6.45, 7) is 9.66. The molecule has 182 valence electrons. The van der Waals surface area contributed by atoms with Gasteiger partial charge in [-0.1, -0.05) is 0 Å². The lowest BCUT2D eigenvalue weighted by Crippen LogP contribution is -2.49. The Balaban J connectivity index is 1.64. The number of hydrogen-bond donors (Lipinski definition) is 2. The van der Waals surface area contributed by atoms with Gasteiger partial charge in [0, 0.05) is 43.3 Å². The summed E-state index contributed by atoms with van der Waals surface area (Å²) in [6.07, 6.45) is -2.85. The zero-order chi connectivity index (χ0) is 24.6. The fourth-order valence-electron chi connectivity index (χ4n) is 4.12. The number of nitrogens with two attached hydrogens (primary N) is 1. The second kappa shape index (κ2) is 9.42. The normalized spacial score (nSPS) is 16.3. The summed E-state index contributed by atoms with van der Waals surface area (Å²) in [7, 11) is 0. The largest absolute Gasteiger partial charge is 0.416 e. The molecule has 1 saturated heterocycles. The van der Waals surface area contributed by atoms with Crippen molar-refractivity contribution in [1.82, 2.24) is 19.9 Å². The lowest BCUT2D eigenvalue weighted by Gasteiger charge is -2.37. The van der Waals surface area contributed by atoms with E-state index in [-0.39, 0.29) is 11.0 Å². The zero-order valence-corrected chi connectivity index (χ0v) is 20.0. The lowest BCUT2D eigenvalue weighted by atomic mass is 10.0. The third-order valence-electron chi connectivity index (χ3n) is 6.07. The Kier molecular flexibility index (Phi) is 6.73. The van der Waals surface area contributed by atoms with Crippen molar-refractivity contribution in [3.63, 3.8) is 0 Å². The van der Waals surface area contributed by atoms with E-state index in [1.807, 2.05) is 6.07 Å². The summed E-state index contributed by atoms with van der Waals surface area (Å²) in [6, 6.07) is 5.38. The predicted molar refractivity (Wildman–Crippen MR) is 129 cm³/mol. The first-order valence-corrected chi connectivity index (χ1v) is 11.5. The van der Waals surface area contributed by atoms with Crippen LogP contribution in [-0.2, 0) is 6.18 Å². The highest BCUT2D eigenvalue weighted by atomic mass is 35.5. The Bertz CT molecular complexity index is 1180. The Hall–Kier alpha value is -2.85. The van der Waals surface area contributed by atoms with E-state index in [4.69, 9.17) is 17.3 Å². The highest BCUT2D eigenvalue weighted by Gasteiger charge is 2.31. The molecule has 4 rings (SSSR count). The van der Waals surface area contributed by atoms with E-state index >= 15 is 0 Å². The van der Waals surface area contributed by atoms with Crippen LogP contribution in [0, 0.1) is 0 Å². The number of pyridine rings is 1. The SMILES string of the molecule is CC(Nc1nc(Cl)nc2cnc(N3CCN(C(C)C)CC3)cc12)c1cc(N)cc(C(F)(F)F)c1. The number of halogens is 4. The van der Waals surface area contributed by atoms with Crippen LogP contribution < -0.4 is 16.0 Å². The van der Waals surface area contributed by atoms with Crippen molar-refractivity contribution < 1.29 is 13.2 Å². The molecule has 3 N–H and O–H groups in total. The average molecular weight is 494 g/mol. The van der Waals surface area contributed by atoms with Gasteiger partial charge in [-0.05, 0) is 62.2 Å². The van der Waals surface area contributed by atoms with Gasteiger partial charge in [0.15, 0.2) is 0 Å². The number of aromatic nitrogens is 3. The van der Waals surface area contributed by atoms with Crippen LogP contribution in [0.3, 0.4) is 0 Å². The molecule has 0 spiro atoms. The van der Waals surface area contributed by atoms with Gasteiger partial charge >= 0.3 is 6.18 Å².